The van der Waals surface area contributed by atoms with Crippen LogP contribution in [0.1, 0.15) is 39.8 Å². The third kappa shape index (κ3) is 6.99. The Bertz CT molecular complexity index is 1760. The van der Waals surface area contributed by atoms with Crippen LogP contribution in [-0.4, -0.2) is 62.2 Å². The Kier molecular flexibility index (Phi) is 9.78. The summed E-state index contributed by atoms with van der Waals surface area (Å²) in [5, 5.41) is 28.7. The van der Waals surface area contributed by atoms with E-state index >= 15 is 0 Å². The minimum absolute atomic E-state index is 0.0288. The molecule has 1 aromatic heterocycles. The third-order valence-corrected chi connectivity index (χ3v) is 8.67. The van der Waals surface area contributed by atoms with Crippen molar-refractivity contribution in [3.8, 4) is 11.5 Å². The number of amides is 2. The fourth-order valence-electron chi connectivity index (χ4n) is 4.79. The fraction of sp³-hybridized carbons (Fsp3) is 0.233. The normalized spacial score (nSPS) is 14.2. The number of methoxy groups -OCH3 is 2. The van der Waals surface area contributed by atoms with Gasteiger partial charge in [0.1, 0.15) is 0 Å². The van der Waals surface area contributed by atoms with E-state index in [0.717, 1.165) is 21.3 Å². The van der Waals surface area contributed by atoms with Gasteiger partial charge in [0.2, 0.25) is 0 Å². The predicted molar refractivity (Wildman–Crippen MR) is 170 cm³/mol. The van der Waals surface area contributed by atoms with Crippen LogP contribution in [0.15, 0.2) is 81.5 Å². The summed E-state index contributed by atoms with van der Waals surface area (Å²) >= 11 is 4.67. The summed E-state index contributed by atoms with van der Waals surface area (Å²) in [6.07, 6.45) is 0.476. The first-order chi connectivity index (χ1) is 21.7. The van der Waals surface area contributed by atoms with E-state index in [1.165, 1.54) is 41.0 Å². The first-order valence-electron chi connectivity index (χ1n) is 13.6. The molecule has 4 aromatic rings. The van der Waals surface area contributed by atoms with Crippen LogP contribution in [-0.2, 0) is 18.4 Å². The van der Waals surface area contributed by atoms with Gasteiger partial charge in [0.15, 0.2) is 22.5 Å². The Morgan fingerprint density at radius 1 is 1.07 bits per heavy atom. The lowest BCUT2D eigenvalue weighted by molar-refractivity contribution is -0.384. The van der Waals surface area contributed by atoms with Crippen LogP contribution in [0.2, 0.25) is 0 Å². The molecule has 2 amide bonds. The molecular formula is C30H28BrN7O6S. The number of hydrogen-bond donors (Lipinski definition) is 1. The maximum Gasteiger partial charge on any atom is 0.269 e. The van der Waals surface area contributed by atoms with Crippen molar-refractivity contribution in [3.63, 3.8) is 0 Å². The van der Waals surface area contributed by atoms with Crippen LogP contribution >= 0.6 is 27.7 Å². The molecular weight excluding hydrogens is 666 g/mol. The molecule has 0 bridgehead atoms. The number of nitrogens with zero attached hydrogens (tertiary/aromatic N) is 6. The number of nitro benzene ring substituents is 1. The predicted octanol–water partition coefficient (Wildman–Crippen LogP) is 4.90. The van der Waals surface area contributed by atoms with E-state index in [1.807, 2.05) is 36.4 Å². The second-order valence-electron chi connectivity index (χ2n) is 9.83. The van der Waals surface area contributed by atoms with Crippen LogP contribution in [0.25, 0.3) is 0 Å². The summed E-state index contributed by atoms with van der Waals surface area (Å²) in [5.41, 5.74) is 2.62. The summed E-state index contributed by atoms with van der Waals surface area (Å²) in [4.78, 5) is 36.6. The summed E-state index contributed by atoms with van der Waals surface area (Å²) in [6.45, 7) is 0.0680. The highest BCUT2D eigenvalue weighted by atomic mass is 79.9. The van der Waals surface area contributed by atoms with Gasteiger partial charge in [0.25, 0.3) is 17.5 Å². The molecule has 0 aliphatic carbocycles. The van der Waals surface area contributed by atoms with Crippen molar-refractivity contribution in [3.05, 3.63) is 104 Å². The number of ether oxygens (including phenoxy) is 2. The van der Waals surface area contributed by atoms with E-state index < -0.39 is 16.9 Å². The highest BCUT2D eigenvalue weighted by Crippen LogP contribution is 2.42. The Balaban J connectivity index is 1.29. The summed E-state index contributed by atoms with van der Waals surface area (Å²) in [6, 6.07) is 18.2. The number of nitro groups is 1. The van der Waals surface area contributed by atoms with Crippen molar-refractivity contribution >= 4 is 50.9 Å². The minimum Gasteiger partial charge on any atom is -0.493 e. The number of aromatic nitrogens is 3. The van der Waals surface area contributed by atoms with Gasteiger partial charge in [-0.3, -0.25) is 19.7 Å². The van der Waals surface area contributed by atoms with Crippen LogP contribution in [0.3, 0.4) is 0 Å². The molecule has 1 aliphatic heterocycles. The summed E-state index contributed by atoms with van der Waals surface area (Å²) in [5.74, 6) is 0.942. The number of para-hydroxylation sites is 1. The van der Waals surface area contributed by atoms with Gasteiger partial charge in [-0.15, -0.1) is 10.2 Å². The van der Waals surface area contributed by atoms with Gasteiger partial charge >= 0.3 is 0 Å². The van der Waals surface area contributed by atoms with Crippen molar-refractivity contribution in [2.24, 2.45) is 12.1 Å². The maximum absolute atomic E-state index is 13.7. The maximum atomic E-state index is 13.7. The van der Waals surface area contributed by atoms with Crippen LogP contribution < -0.4 is 14.8 Å². The Hall–Kier alpha value is -4.76. The lowest BCUT2D eigenvalue weighted by atomic mass is 9.97. The Morgan fingerprint density at radius 2 is 1.80 bits per heavy atom. The zero-order valence-corrected chi connectivity index (χ0v) is 26.9. The minimum atomic E-state index is -0.529. The number of hydrazone groups is 1. The van der Waals surface area contributed by atoms with Crippen LogP contribution in [0, 0.1) is 10.1 Å². The molecule has 13 nitrogen and oxygen atoms in total. The zero-order valence-electron chi connectivity index (χ0n) is 24.5. The van der Waals surface area contributed by atoms with Crippen molar-refractivity contribution in [2.75, 3.05) is 20.0 Å². The van der Waals surface area contributed by atoms with E-state index in [0.29, 0.717) is 28.9 Å². The molecule has 0 spiro atoms. The van der Waals surface area contributed by atoms with Gasteiger partial charge in [-0.1, -0.05) is 52.0 Å². The van der Waals surface area contributed by atoms with Crippen molar-refractivity contribution < 1.29 is 24.0 Å². The molecule has 5 rings (SSSR count). The van der Waals surface area contributed by atoms with Crippen LogP contribution in [0.5, 0.6) is 11.5 Å². The lowest BCUT2D eigenvalue weighted by Gasteiger charge is -2.24. The molecule has 1 aliphatic rings. The largest absolute Gasteiger partial charge is 0.493 e. The monoisotopic (exact) mass is 693 g/mol. The average molecular weight is 695 g/mol. The molecule has 15 heteroatoms. The third-order valence-electron chi connectivity index (χ3n) is 7.13. The van der Waals surface area contributed by atoms with Gasteiger partial charge in [0.05, 0.1) is 43.2 Å². The molecule has 0 fully saturated rings. The molecule has 232 valence electrons. The SMILES string of the molecule is COc1cccc(C2CC(c3ccc(Br)cc3)=NN2C(=O)CSc2nnc(CNC(=O)c3ccc([N+](=O)[O-])cc3)n2C)c1OC. The van der Waals surface area contributed by atoms with Gasteiger partial charge in [-0.2, -0.15) is 5.10 Å². The molecule has 0 saturated heterocycles. The van der Waals surface area contributed by atoms with Gasteiger partial charge < -0.3 is 19.4 Å². The standard InChI is InChI=1S/C30H28BrN7O6S/c1-36-26(16-32-29(40)19-9-13-21(14-10-19)38(41)42)33-34-30(36)45-17-27(39)37-24(22-5-4-6-25(43-2)28(22)44-3)15-23(35-37)18-7-11-20(31)12-8-18/h4-14,24H,15-17H2,1-3H3,(H,32,40). The van der Waals surface area contributed by atoms with Crippen LogP contribution in [0.4, 0.5) is 5.69 Å². The number of nitrogens with one attached hydrogen (secondary N) is 1. The quantitative estimate of drug-likeness (QED) is 0.131. The van der Waals surface area contributed by atoms with Crippen molar-refractivity contribution in [1.82, 2.24) is 25.1 Å². The molecule has 45 heavy (non-hydrogen) atoms. The smallest absolute Gasteiger partial charge is 0.269 e. The fourth-order valence-corrected chi connectivity index (χ4v) is 5.83. The highest BCUT2D eigenvalue weighted by Gasteiger charge is 2.35. The average Bonchev–Trinajstić information content (AvgIpc) is 3.66. The molecule has 1 N–H and O–H groups in total. The Morgan fingerprint density at radius 3 is 2.47 bits per heavy atom. The van der Waals surface area contributed by atoms with Gasteiger partial charge in [-0.05, 0) is 35.9 Å². The first-order valence-corrected chi connectivity index (χ1v) is 15.4. The Labute approximate surface area is 270 Å². The summed E-state index contributed by atoms with van der Waals surface area (Å²) in [7, 11) is 4.87. The zero-order chi connectivity index (χ0) is 32.1. The number of carbonyl (C=O) groups excluding carboxylic acids is 2. The van der Waals surface area contributed by atoms with E-state index in [4.69, 9.17) is 14.6 Å². The van der Waals surface area contributed by atoms with E-state index in [2.05, 4.69) is 31.4 Å². The number of carbonyl (C=O) groups is 2. The number of hydrogen-bond acceptors (Lipinski definition) is 10. The van der Waals surface area contributed by atoms with E-state index in [9.17, 15) is 19.7 Å². The van der Waals surface area contributed by atoms with Gasteiger partial charge in [-0.25, -0.2) is 5.01 Å². The topological polar surface area (TPSA) is 154 Å². The molecule has 0 radical (unpaired) electrons. The molecule has 0 saturated carbocycles. The highest BCUT2D eigenvalue weighted by molar-refractivity contribution is 9.10. The van der Waals surface area contributed by atoms with Crippen molar-refractivity contribution in [2.45, 2.75) is 24.2 Å². The number of benzene rings is 3. The van der Waals surface area contributed by atoms with E-state index in [1.54, 1.807) is 31.9 Å². The number of non-ortho nitro benzene ring substituents is 1. The molecule has 2 heterocycles. The lowest BCUT2D eigenvalue weighted by Crippen LogP contribution is -2.29. The molecule has 1 unspecified atom stereocenters. The number of thioether (sulfide) groups is 1. The van der Waals surface area contributed by atoms with E-state index in [-0.39, 0.29) is 29.5 Å². The first kappa shape index (κ1) is 31.7. The molecule has 3 aromatic carbocycles. The molecule has 1 atom stereocenters. The second-order valence-corrected chi connectivity index (χ2v) is 11.7. The van der Waals surface area contributed by atoms with Gasteiger partial charge in [0, 0.05) is 41.2 Å². The second kappa shape index (κ2) is 13.9. The summed E-state index contributed by atoms with van der Waals surface area (Å²) < 4.78 is 13.8. The van der Waals surface area contributed by atoms with Crippen molar-refractivity contribution in [1.29, 1.82) is 0 Å². The number of halogens is 1. The number of rotatable bonds is 11.